The number of nitrogens with zero attached hydrogens (tertiary/aromatic N) is 3. The zero-order valence-electron chi connectivity index (χ0n) is 14.4. The first-order valence-corrected chi connectivity index (χ1v) is 10.1. The summed E-state index contributed by atoms with van der Waals surface area (Å²) in [6, 6.07) is 7.64. The summed E-state index contributed by atoms with van der Waals surface area (Å²) in [6.07, 6.45) is 0. The SMILES string of the molecule is CC(C)CSc1nnc(NC(=O)c2ccc(N3CCOCC3)cc2)s1. The van der Waals surface area contributed by atoms with Crippen LogP contribution in [-0.4, -0.2) is 48.2 Å². The lowest BCUT2D eigenvalue weighted by molar-refractivity contribution is 0.102. The first-order valence-electron chi connectivity index (χ1n) is 8.32. The minimum Gasteiger partial charge on any atom is -0.378 e. The normalized spacial score (nSPS) is 14.8. The first kappa shape index (κ1) is 18.2. The van der Waals surface area contributed by atoms with Crippen molar-refractivity contribution in [2.75, 3.05) is 42.3 Å². The molecule has 0 radical (unpaired) electrons. The topological polar surface area (TPSA) is 67.4 Å². The molecule has 6 nitrogen and oxygen atoms in total. The van der Waals surface area contributed by atoms with E-state index in [0.717, 1.165) is 42.1 Å². The molecule has 0 unspecified atom stereocenters. The van der Waals surface area contributed by atoms with Crippen LogP contribution in [0.25, 0.3) is 0 Å². The molecule has 1 aromatic carbocycles. The number of nitrogens with one attached hydrogen (secondary N) is 1. The van der Waals surface area contributed by atoms with Crippen molar-refractivity contribution >= 4 is 39.8 Å². The summed E-state index contributed by atoms with van der Waals surface area (Å²) >= 11 is 3.08. The third-order valence-corrected chi connectivity index (χ3v) is 6.07. The van der Waals surface area contributed by atoms with E-state index in [2.05, 4.69) is 34.3 Å². The predicted octanol–water partition coefficient (Wildman–Crippen LogP) is 3.38. The largest absolute Gasteiger partial charge is 0.378 e. The number of amides is 1. The molecule has 8 heteroatoms. The molecule has 0 aliphatic carbocycles. The molecule has 2 heterocycles. The van der Waals surface area contributed by atoms with Crippen LogP contribution < -0.4 is 10.2 Å². The first-order chi connectivity index (χ1) is 12.1. The minimum absolute atomic E-state index is 0.162. The quantitative estimate of drug-likeness (QED) is 0.614. The molecule has 1 saturated heterocycles. The number of aromatic nitrogens is 2. The van der Waals surface area contributed by atoms with E-state index in [1.54, 1.807) is 11.8 Å². The summed E-state index contributed by atoms with van der Waals surface area (Å²) in [7, 11) is 0. The van der Waals surface area contributed by atoms with Gasteiger partial charge in [-0.05, 0) is 30.2 Å². The molecular weight excluding hydrogens is 356 g/mol. The Morgan fingerprint density at radius 1 is 1.28 bits per heavy atom. The van der Waals surface area contributed by atoms with Crippen molar-refractivity contribution in [3.05, 3.63) is 29.8 Å². The van der Waals surface area contributed by atoms with Gasteiger partial charge in [0.05, 0.1) is 13.2 Å². The Morgan fingerprint density at radius 2 is 2.00 bits per heavy atom. The van der Waals surface area contributed by atoms with E-state index in [0.29, 0.717) is 16.6 Å². The monoisotopic (exact) mass is 378 g/mol. The van der Waals surface area contributed by atoms with Gasteiger partial charge in [0.15, 0.2) is 4.34 Å². The molecule has 1 aliphatic rings. The molecule has 1 N–H and O–H groups in total. The smallest absolute Gasteiger partial charge is 0.257 e. The second-order valence-corrected chi connectivity index (χ2v) is 8.42. The number of benzene rings is 1. The number of ether oxygens (including phenoxy) is 1. The van der Waals surface area contributed by atoms with Crippen LogP contribution in [0, 0.1) is 5.92 Å². The highest BCUT2D eigenvalue weighted by Gasteiger charge is 2.14. The van der Waals surface area contributed by atoms with E-state index >= 15 is 0 Å². The summed E-state index contributed by atoms with van der Waals surface area (Å²) in [4.78, 5) is 14.6. The van der Waals surface area contributed by atoms with Crippen molar-refractivity contribution in [3.8, 4) is 0 Å². The number of carbonyl (C=O) groups excluding carboxylic acids is 1. The van der Waals surface area contributed by atoms with E-state index in [-0.39, 0.29) is 5.91 Å². The molecule has 1 aliphatic heterocycles. The van der Waals surface area contributed by atoms with Crippen LogP contribution in [0.4, 0.5) is 10.8 Å². The van der Waals surface area contributed by atoms with Gasteiger partial charge in [-0.15, -0.1) is 10.2 Å². The average Bonchev–Trinajstić information content (AvgIpc) is 3.08. The van der Waals surface area contributed by atoms with Crippen molar-refractivity contribution in [1.29, 1.82) is 0 Å². The second kappa shape index (κ2) is 8.64. The number of anilines is 2. The van der Waals surface area contributed by atoms with Crippen LogP contribution in [0.3, 0.4) is 0 Å². The fraction of sp³-hybridized carbons (Fsp3) is 0.471. The Kier molecular flexibility index (Phi) is 6.28. The van der Waals surface area contributed by atoms with Crippen LogP contribution in [0.2, 0.25) is 0 Å². The van der Waals surface area contributed by atoms with Gasteiger partial charge in [0.25, 0.3) is 5.91 Å². The molecule has 1 amide bonds. The van der Waals surface area contributed by atoms with Gasteiger partial charge in [0.1, 0.15) is 0 Å². The zero-order chi connectivity index (χ0) is 17.6. The lowest BCUT2D eigenvalue weighted by Gasteiger charge is -2.28. The standard InChI is InChI=1S/C17H22N4O2S2/c1-12(2)11-24-17-20-19-16(25-17)18-15(22)13-3-5-14(6-4-13)21-7-9-23-10-8-21/h3-6,12H,7-11H2,1-2H3,(H,18,19,22). The Balaban J connectivity index is 1.57. The molecular formula is C17H22N4O2S2. The lowest BCUT2D eigenvalue weighted by Crippen LogP contribution is -2.36. The number of morpholine rings is 1. The molecule has 3 rings (SSSR count). The van der Waals surface area contributed by atoms with E-state index in [1.807, 2.05) is 24.3 Å². The molecule has 134 valence electrons. The van der Waals surface area contributed by atoms with Crippen LogP contribution in [0.15, 0.2) is 28.6 Å². The van der Waals surface area contributed by atoms with Gasteiger partial charge >= 0.3 is 0 Å². The van der Waals surface area contributed by atoms with Gasteiger partial charge in [-0.25, -0.2) is 0 Å². The Morgan fingerprint density at radius 3 is 2.68 bits per heavy atom. The highest BCUT2D eigenvalue weighted by atomic mass is 32.2. The zero-order valence-corrected chi connectivity index (χ0v) is 16.0. The molecule has 1 aromatic heterocycles. The van der Waals surface area contributed by atoms with E-state index in [1.165, 1.54) is 11.3 Å². The maximum absolute atomic E-state index is 12.4. The fourth-order valence-electron chi connectivity index (χ4n) is 2.37. The van der Waals surface area contributed by atoms with Crippen molar-refractivity contribution in [2.45, 2.75) is 18.2 Å². The minimum atomic E-state index is -0.162. The number of thioether (sulfide) groups is 1. The van der Waals surface area contributed by atoms with E-state index < -0.39 is 0 Å². The number of rotatable bonds is 6. The summed E-state index contributed by atoms with van der Waals surface area (Å²) in [5.74, 6) is 1.42. The van der Waals surface area contributed by atoms with Crippen molar-refractivity contribution in [3.63, 3.8) is 0 Å². The van der Waals surface area contributed by atoms with Crippen LogP contribution in [0.1, 0.15) is 24.2 Å². The van der Waals surface area contributed by atoms with E-state index in [4.69, 9.17) is 4.74 Å². The average molecular weight is 379 g/mol. The Labute approximate surface area is 156 Å². The number of carbonyl (C=O) groups is 1. The molecule has 2 aromatic rings. The van der Waals surface area contributed by atoms with Crippen LogP contribution in [-0.2, 0) is 4.74 Å². The van der Waals surface area contributed by atoms with E-state index in [9.17, 15) is 4.79 Å². The van der Waals surface area contributed by atoms with Crippen molar-refractivity contribution < 1.29 is 9.53 Å². The maximum atomic E-state index is 12.4. The molecule has 0 spiro atoms. The highest BCUT2D eigenvalue weighted by Crippen LogP contribution is 2.27. The second-order valence-electron chi connectivity index (χ2n) is 6.18. The highest BCUT2D eigenvalue weighted by molar-refractivity contribution is 8.01. The summed E-state index contributed by atoms with van der Waals surface area (Å²) in [6.45, 7) is 7.59. The molecule has 25 heavy (non-hydrogen) atoms. The lowest BCUT2D eigenvalue weighted by atomic mass is 10.2. The summed E-state index contributed by atoms with van der Waals surface area (Å²) in [5.41, 5.74) is 1.73. The van der Waals surface area contributed by atoms with Gasteiger partial charge in [0.2, 0.25) is 5.13 Å². The van der Waals surface area contributed by atoms with Crippen molar-refractivity contribution in [1.82, 2.24) is 10.2 Å². The van der Waals surface area contributed by atoms with Gasteiger partial charge in [-0.2, -0.15) is 0 Å². The van der Waals surface area contributed by atoms with Crippen LogP contribution >= 0.6 is 23.1 Å². The van der Waals surface area contributed by atoms with Crippen LogP contribution in [0.5, 0.6) is 0 Å². The molecule has 1 fully saturated rings. The summed E-state index contributed by atoms with van der Waals surface area (Å²) < 4.78 is 6.24. The fourth-order valence-corrected chi connectivity index (χ4v) is 4.09. The van der Waals surface area contributed by atoms with Gasteiger partial charge in [0, 0.05) is 30.1 Å². The Hall–Kier alpha value is -1.64. The van der Waals surface area contributed by atoms with Crippen molar-refractivity contribution in [2.24, 2.45) is 5.92 Å². The summed E-state index contributed by atoms with van der Waals surface area (Å²) in [5, 5.41) is 11.5. The van der Waals surface area contributed by atoms with Gasteiger partial charge in [-0.3, -0.25) is 10.1 Å². The molecule has 0 saturated carbocycles. The third-order valence-electron chi connectivity index (χ3n) is 3.67. The Bertz CT molecular complexity index is 697. The third kappa shape index (κ3) is 5.17. The van der Waals surface area contributed by atoms with Gasteiger partial charge < -0.3 is 9.64 Å². The van der Waals surface area contributed by atoms with Gasteiger partial charge in [-0.1, -0.05) is 36.9 Å². The number of hydrogen-bond donors (Lipinski definition) is 1. The number of hydrogen-bond acceptors (Lipinski definition) is 7. The molecule has 0 atom stereocenters. The predicted molar refractivity (Wildman–Crippen MR) is 103 cm³/mol. The molecule has 0 bridgehead atoms. The maximum Gasteiger partial charge on any atom is 0.257 e.